The van der Waals surface area contributed by atoms with E-state index < -0.39 is 0 Å². The second kappa shape index (κ2) is 6.11. The number of terminal acetylenes is 1. The highest BCUT2D eigenvalue weighted by molar-refractivity contribution is 5.87. The SMILES string of the molecule is C#CCCCCNC(=O)[C@@H]1Cc2ccccc2N1. The first kappa shape index (κ1) is 12.5. The number of anilines is 1. The van der Waals surface area contributed by atoms with E-state index in [1.807, 2.05) is 18.2 Å². The molecule has 0 fully saturated rings. The van der Waals surface area contributed by atoms with Gasteiger partial charge in [-0.2, -0.15) is 0 Å². The number of unbranched alkanes of at least 4 members (excludes halogenated alkanes) is 2. The number of para-hydroxylation sites is 1. The Labute approximate surface area is 108 Å². The van der Waals surface area contributed by atoms with Gasteiger partial charge in [-0.25, -0.2) is 0 Å². The van der Waals surface area contributed by atoms with Crippen molar-refractivity contribution in [2.45, 2.75) is 31.7 Å². The van der Waals surface area contributed by atoms with Gasteiger partial charge in [-0.1, -0.05) is 18.2 Å². The van der Waals surface area contributed by atoms with Crippen molar-refractivity contribution in [2.75, 3.05) is 11.9 Å². The lowest BCUT2D eigenvalue weighted by Gasteiger charge is -2.11. The fraction of sp³-hybridized carbons (Fsp3) is 0.400. The molecule has 3 nitrogen and oxygen atoms in total. The van der Waals surface area contributed by atoms with Gasteiger partial charge in [-0.05, 0) is 24.5 Å². The van der Waals surface area contributed by atoms with Crippen molar-refractivity contribution < 1.29 is 4.79 Å². The maximum absolute atomic E-state index is 11.9. The van der Waals surface area contributed by atoms with E-state index in [4.69, 9.17) is 6.42 Å². The molecule has 1 atom stereocenters. The molecule has 0 saturated heterocycles. The Morgan fingerprint density at radius 2 is 2.28 bits per heavy atom. The lowest BCUT2D eigenvalue weighted by Crippen LogP contribution is -2.38. The van der Waals surface area contributed by atoms with Crippen molar-refractivity contribution in [3.63, 3.8) is 0 Å². The van der Waals surface area contributed by atoms with Crippen LogP contribution in [0.5, 0.6) is 0 Å². The van der Waals surface area contributed by atoms with E-state index in [9.17, 15) is 4.79 Å². The second-order valence-corrected chi connectivity index (χ2v) is 4.51. The lowest BCUT2D eigenvalue weighted by atomic mass is 10.1. The second-order valence-electron chi connectivity index (χ2n) is 4.51. The zero-order valence-electron chi connectivity index (χ0n) is 10.4. The number of rotatable bonds is 5. The summed E-state index contributed by atoms with van der Waals surface area (Å²) in [6, 6.07) is 7.92. The summed E-state index contributed by atoms with van der Waals surface area (Å²) in [7, 11) is 0. The van der Waals surface area contributed by atoms with E-state index in [1.54, 1.807) is 0 Å². The third-order valence-corrected chi connectivity index (χ3v) is 3.13. The monoisotopic (exact) mass is 242 g/mol. The zero-order valence-corrected chi connectivity index (χ0v) is 10.4. The van der Waals surface area contributed by atoms with Crippen LogP contribution < -0.4 is 10.6 Å². The maximum Gasteiger partial charge on any atom is 0.242 e. The minimum atomic E-state index is -0.130. The van der Waals surface area contributed by atoms with E-state index in [2.05, 4.69) is 22.6 Å². The van der Waals surface area contributed by atoms with Crippen LogP contribution in [0.25, 0.3) is 0 Å². The highest BCUT2D eigenvalue weighted by Crippen LogP contribution is 2.24. The van der Waals surface area contributed by atoms with Crippen molar-refractivity contribution in [3.8, 4) is 12.3 Å². The summed E-state index contributed by atoms with van der Waals surface area (Å²) in [6.45, 7) is 0.703. The Hall–Kier alpha value is -1.95. The van der Waals surface area contributed by atoms with Gasteiger partial charge in [0.25, 0.3) is 0 Å². The maximum atomic E-state index is 11.9. The highest BCUT2D eigenvalue weighted by Gasteiger charge is 2.25. The standard InChI is InChI=1S/C15H18N2O/c1-2-3-4-7-10-16-15(18)14-11-12-8-5-6-9-13(12)17-14/h1,5-6,8-9,14,17H,3-4,7,10-11H2,(H,16,18)/t14-/m0/s1. The van der Waals surface area contributed by atoms with Gasteiger partial charge in [0.15, 0.2) is 0 Å². The number of amides is 1. The fourth-order valence-corrected chi connectivity index (χ4v) is 2.14. The normalized spacial score (nSPS) is 16.5. The number of fused-ring (bicyclic) bond motifs is 1. The molecule has 1 aromatic rings. The highest BCUT2D eigenvalue weighted by atomic mass is 16.2. The number of hydrogen-bond donors (Lipinski definition) is 2. The predicted molar refractivity (Wildman–Crippen MR) is 73.3 cm³/mol. The minimum absolute atomic E-state index is 0.0758. The molecule has 1 heterocycles. The van der Waals surface area contributed by atoms with Gasteiger partial charge in [-0.3, -0.25) is 4.79 Å². The van der Waals surface area contributed by atoms with Crippen LogP contribution in [0.1, 0.15) is 24.8 Å². The summed E-state index contributed by atoms with van der Waals surface area (Å²) in [6.07, 6.45) is 8.63. The molecule has 2 rings (SSSR count). The summed E-state index contributed by atoms with van der Waals surface area (Å²) in [4.78, 5) is 11.9. The van der Waals surface area contributed by atoms with Crippen LogP contribution in [0.2, 0.25) is 0 Å². The van der Waals surface area contributed by atoms with Gasteiger partial charge in [0.1, 0.15) is 6.04 Å². The molecule has 0 aromatic heterocycles. The van der Waals surface area contributed by atoms with Crippen molar-refractivity contribution >= 4 is 11.6 Å². The molecule has 18 heavy (non-hydrogen) atoms. The zero-order chi connectivity index (χ0) is 12.8. The van der Waals surface area contributed by atoms with Crippen LogP contribution in [0.3, 0.4) is 0 Å². The molecule has 1 aliphatic heterocycles. The van der Waals surface area contributed by atoms with Crippen LogP contribution >= 0.6 is 0 Å². The number of carbonyl (C=O) groups excluding carboxylic acids is 1. The predicted octanol–water partition coefficient (Wildman–Crippen LogP) is 1.94. The molecular weight excluding hydrogens is 224 g/mol. The minimum Gasteiger partial charge on any atom is -0.373 e. The first-order valence-corrected chi connectivity index (χ1v) is 6.37. The van der Waals surface area contributed by atoms with E-state index in [-0.39, 0.29) is 11.9 Å². The molecule has 1 aliphatic rings. The average Bonchev–Trinajstić information content (AvgIpc) is 2.82. The van der Waals surface area contributed by atoms with Crippen LogP contribution in [-0.4, -0.2) is 18.5 Å². The lowest BCUT2D eigenvalue weighted by molar-refractivity contribution is -0.121. The number of carbonyl (C=O) groups is 1. The quantitative estimate of drug-likeness (QED) is 0.612. The van der Waals surface area contributed by atoms with Gasteiger partial charge >= 0.3 is 0 Å². The smallest absolute Gasteiger partial charge is 0.242 e. The largest absolute Gasteiger partial charge is 0.373 e. The number of hydrogen-bond acceptors (Lipinski definition) is 2. The average molecular weight is 242 g/mol. The van der Waals surface area contributed by atoms with Gasteiger partial charge < -0.3 is 10.6 Å². The first-order valence-electron chi connectivity index (χ1n) is 6.37. The molecule has 0 bridgehead atoms. The van der Waals surface area contributed by atoms with Crippen molar-refractivity contribution in [1.82, 2.24) is 5.32 Å². The van der Waals surface area contributed by atoms with Crippen molar-refractivity contribution in [2.24, 2.45) is 0 Å². The summed E-state index contributed by atoms with van der Waals surface area (Å²) in [5.74, 6) is 2.67. The number of nitrogens with one attached hydrogen (secondary N) is 2. The van der Waals surface area contributed by atoms with E-state index in [0.29, 0.717) is 6.54 Å². The van der Waals surface area contributed by atoms with Crippen LogP contribution in [-0.2, 0) is 11.2 Å². The van der Waals surface area contributed by atoms with Crippen molar-refractivity contribution in [3.05, 3.63) is 29.8 Å². The van der Waals surface area contributed by atoms with Crippen LogP contribution in [0.15, 0.2) is 24.3 Å². The topological polar surface area (TPSA) is 41.1 Å². The molecule has 0 spiro atoms. The van der Waals surface area contributed by atoms with E-state index >= 15 is 0 Å². The van der Waals surface area contributed by atoms with Crippen molar-refractivity contribution in [1.29, 1.82) is 0 Å². The molecule has 3 heteroatoms. The summed E-state index contributed by atoms with van der Waals surface area (Å²) in [5, 5.41) is 6.19. The Morgan fingerprint density at radius 3 is 3.06 bits per heavy atom. The van der Waals surface area contributed by atoms with E-state index in [1.165, 1.54) is 5.56 Å². The Balaban J connectivity index is 1.74. The molecular formula is C15H18N2O. The Bertz CT molecular complexity index is 437. The molecule has 1 amide bonds. The molecule has 94 valence electrons. The molecule has 0 saturated carbocycles. The van der Waals surface area contributed by atoms with Gasteiger partial charge in [0.2, 0.25) is 5.91 Å². The Kier molecular flexibility index (Phi) is 4.25. The first-order chi connectivity index (χ1) is 8.81. The van der Waals surface area contributed by atoms with Crippen LogP contribution in [0.4, 0.5) is 5.69 Å². The van der Waals surface area contributed by atoms with E-state index in [0.717, 1.165) is 31.4 Å². The molecule has 0 unspecified atom stereocenters. The third-order valence-electron chi connectivity index (χ3n) is 3.13. The molecule has 1 aromatic carbocycles. The summed E-state index contributed by atoms with van der Waals surface area (Å²) >= 11 is 0. The molecule has 0 radical (unpaired) electrons. The summed E-state index contributed by atoms with van der Waals surface area (Å²) < 4.78 is 0. The Morgan fingerprint density at radius 1 is 1.44 bits per heavy atom. The van der Waals surface area contributed by atoms with Gasteiger partial charge in [-0.15, -0.1) is 12.3 Å². The third kappa shape index (κ3) is 3.04. The fourth-order valence-electron chi connectivity index (χ4n) is 2.14. The summed E-state index contributed by atoms with van der Waals surface area (Å²) in [5.41, 5.74) is 2.29. The molecule has 0 aliphatic carbocycles. The van der Waals surface area contributed by atoms with Crippen LogP contribution in [0, 0.1) is 12.3 Å². The van der Waals surface area contributed by atoms with Gasteiger partial charge in [0.05, 0.1) is 0 Å². The van der Waals surface area contributed by atoms with Gasteiger partial charge in [0, 0.05) is 25.1 Å². The molecule has 2 N–H and O–H groups in total. The number of benzene rings is 1.